The molecule has 0 aliphatic carbocycles. The van der Waals surface area contributed by atoms with Gasteiger partial charge in [-0.25, -0.2) is 0 Å². The Bertz CT molecular complexity index is 103. The fourth-order valence-electron chi connectivity index (χ4n) is 0.289. The SMILES string of the molecule is CCC(F)(F)F.CO.CO[SiH](OC)OC. The van der Waals surface area contributed by atoms with Crippen LogP contribution in [0.5, 0.6) is 0 Å². The second-order valence-electron chi connectivity index (χ2n) is 1.96. The second kappa shape index (κ2) is 13.8. The van der Waals surface area contributed by atoms with Gasteiger partial charge in [0.15, 0.2) is 0 Å². The van der Waals surface area contributed by atoms with Gasteiger partial charge < -0.3 is 18.4 Å². The van der Waals surface area contributed by atoms with Gasteiger partial charge in [-0.15, -0.1) is 0 Å². The molecule has 0 aliphatic heterocycles. The summed E-state index contributed by atoms with van der Waals surface area (Å²) < 4.78 is 46.6. The normalized spacial score (nSPS) is 10.0. The lowest BCUT2D eigenvalue weighted by Crippen LogP contribution is -2.21. The van der Waals surface area contributed by atoms with E-state index < -0.39 is 22.1 Å². The first-order valence-corrected chi connectivity index (χ1v) is 5.42. The predicted octanol–water partition coefficient (Wildman–Crippen LogP) is 1.21. The minimum absolute atomic E-state index is 0.729. The molecule has 0 aliphatic rings. The number of hydrogen-bond donors (Lipinski definition) is 1. The summed E-state index contributed by atoms with van der Waals surface area (Å²) in [5, 5.41) is 7.00. The molecule has 0 aromatic heterocycles. The first-order valence-electron chi connectivity index (χ1n) is 4.01. The standard InChI is InChI=1S/C3H5F3.C3H10O3Si.CH4O/c1-2-3(4,5)6;1-4-7(5-2)6-3;1-2/h2H2,1H3;7H,1-3H3;2H,1H3. The van der Waals surface area contributed by atoms with Crippen LogP contribution >= 0.6 is 0 Å². The third-order valence-electron chi connectivity index (χ3n) is 0.978. The summed E-state index contributed by atoms with van der Waals surface area (Å²) in [4.78, 5) is 0. The summed E-state index contributed by atoms with van der Waals surface area (Å²) >= 11 is 0. The van der Waals surface area contributed by atoms with Crippen LogP contribution in [0, 0.1) is 0 Å². The van der Waals surface area contributed by atoms with Gasteiger partial charge in [0.05, 0.1) is 0 Å². The largest absolute Gasteiger partial charge is 0.483 e. The van der Waals surface area contributed by atoms with E-state index in [0.717, 1.165) is 14.0 Å². The number of halogens is 3. The Morgan fingerprint density at radius 1 is 1.00 bits per heavy atom. The molecule has 8 heteroatoms. The fourth-order valence-corrected chi connectivity index (χ4v) is 0.866. The Kier molecular flexibility index (Phi) is 18.7. The Balaban J connectivity index is -0.000000166. The third-order valence-corrected chi connectivity index (χ3v) is 2.13. The van der Waals surface area contributed by atoms with Crippen LogP contribution in [-0.4, -0.2) is 49.2 Å². The number of aliphatic hydroxyl groups is 1. The molecule has 1 N–H and O–H groups in total. The third kappa shape index (κ3) is 24.8. The van der Waals surface area contributed by atoms with E-state index in [0.29, 0.717) is 0 Å². The van der Waals surface area contributed by atoms with Crippen LogP contribution < -0.4 is 0 Å². The average molecular weight is 252 g/mol. The first-order chi connectivity index (χ1) is 6.91. The van der Waals surface area contributed by atoms with Crippen LogP contribution in [0.15, 0.2) is 0 Å². The Hall–Kier alpha value is -0.153. The van der Waals surface area contributed by atoms with Gasteiger partial charge in [-0.1, -0.05) is 6.92 Å². The highest BCUT2D eigenvalue weighted by molar-refractivity contribution is 6.36. The maximum Gasteiger partial charge on any atom is 0.483 e. The van der Waals surface area contributed by atoms with Crippen molar-refractivity contribution in [3.8, 4) is 0 Å². The Morgan fingerprint density at radius 3 is 1.20 bits per heavy atom. The van der Waals surface area contributed by atoms with Gasteiger partial charge in [0, 0.05) is 34.9 Å². The molecule has 0 saturated carbocycles. The molecule has 0 bridgehead atoms. The number of alkyl halides is 3. The summed E-state index contributed by atoms with van der Waals surface area (Å²) in [6.45, 7) is 1.08. The highest BCUT2D eigenvalue weighted by Crippen LogP contribution is 2.17. The molecular weight excluding hydrogens is 233 g/mol. The maximum absolute atomic E-state index is 10.8. The molecule has 0 amide bonds. The minimum Gasteiger partial charge on any atom is -0.400 e. The van der Waals surface area contributed by atoms with Crippen molar-refractivity contribution in [1.29, 1.82) is 0 Å². The molecule has 0 unspecified atom stereocenters. The van der Waals surface area contributed by atoms with Crippen molar-refractivity contribution in [2.45, 2.75) is 19.5 Å². The van der Waals surface area contributed by atoms with Gasteiger partial charge in [-0.05, 0) is 0 Å². The van der Waals surface area contributed by atoms with Crippen LogP contribution in [0.1, 0.15) is 13.3 Å². The predicted molar refractivity (Wildman–Crippen MR) is 52.7 cm³/mol. The summed E-state index contributed by atoms with van der Waals surface area (Å²) in [6, 6.07) is 0. The van der Waals surface area contributed by atoms with E-state index in [4.69, 9.17) is 18.4 Å². The smallest absolute Gasteiger partial charge is 0.400 e. The Morgan fingerprint density at radius 2 is 1.20 bits per heavy atom. The number of hydrogen-bond acceptors (Lipinski definition) is 4. The second-order valence-corrected chi connectivity index (χ2v) is 3.96. The van der Waals surface area contributed by atoms with Gasteiger partial charge >= 0.3 is 15.7 Å². The zero-order valence-corrected chi connectivity index (χ0v) is 10.7. The summed E-state index contributed by atoms with van der Waals surface area (Å²) in [5.74, 6) is 0. The minimum atomic E-state index is -3.96. The molecule has 15 heavy (non-hydrogen) atoms. The molecule has 4 nitrogen and oxygen atoms in total. The van der Waals surface area contributed by atoms with Crippen molar-refractivity contribution in [3.05, 3.63) is 0 Å². The highest BCUT2D eigenvalue weighted by atomic mass is 28.3. The van der Waals surface area contributed by atoms with Crippen molar-refractivity contribution < 1.29 is 31.6 Å². The van der Waals surface area contributed by atoms with Gasteiger partial charge in [-0.3, -0.25) is 0 Å². The highest BCUT2D eigenvalue weighted by Gasteiger charge is 2.22. The van der Waals surface area contributed by atoms with E-state index >= 15 is 0 Å². The molecule has 0 fully saturated rings. The van der Waals surface area contributed by atoms with E-state index in [-0.39, 0.29) is 0 Å². The lowest BCUT2D eigenvalue weighted by atomic mass is 10.5. The van der Waals surface area contributed by atoms with E-state index in [1.807, 2.05) is 0 Å². The van der Waals surface area contributed by atoms with Crippen molar-refractivity contribution in [1.82, 2.24) is 0 Å². The molecule has 0 aromatic rings. The monoisotopic (exact) mass is 252 g/mol. The lowest BCUT2D eigenvalue weighted by molar-refractivity contribution is -0.130. The molecule has 0 saturated heterocycles. The first kappa shape index (κ1) is 20.3. The van der Waals surface area contributed by atoms with Crippen LogP contribution in [0.25, 0.3) is 0 Å². The van der Waals surface area contributed by atoms with Crippen LogP contribution in [-0.2, 0) is 13.3 Å². The van der Waals surface area contributed by atoms with Gasteiger partial charge in [0.2, 0.25) is 0 Å². The van der Waals surface area contributed by atoms with Gasteiger partial charge in [0.25, 0.3) is 0 Å². The quantitative estimate of drug-likeness (QED) is 0.767. The number of rotatable bonds is 3. The fraction of sp³-hybridized carbons (Fsp3) is 1.00. The summed E-state index contributed by atoms with van der Waals surface area (Å²) in [7, 11) is 4.05. The summed E-state index contributed by atoms with van der Waals surface area (Å²) in [6.07, 6.45) is -4.69. The molecular formula is C7H19F3O4Si. The topological polar surface area (TPSA) is 47.9 Å². The number of aliphatic hydroxyl groups excluding tert-OH is 1. The summed E-state index contributed by atoms with van der Waals surface area (Å²) in [5.41, 5.74) is 0. The van der Waals surface area contributed by atoms with Crippen molar-refractivity contribution in [2.75, 3.05) is 28.4 Å². The zero-order chi connectivity index (χ0) is 12.9. The van der Waals surface area contributed by atoms with E-state index in [2.05, 4.69) is 0 Å². The van der Waals surface area contributed by atoms with Crippen molar-refractivity contribution >= 4 is 9.53 Å². The van der Waals surface area contributed by atoms with E-state index in [9.17, 15) is 13.2 Å². The molecule has 96 valence electrons. The van der Waals surface area contributed by atoms with Crippen molar-refractivity contribution in [2.24, 2.45) is 0 Å². The molecule has 0 heterocycles. The maximum atomic E-state index is 10.8. The Labute approximate surface area is 89.9 Å². The molecule has 0 spiro atoms. The van der Waals surface area contributed by atoms with E-state index in [1.165, 1.54) is 0 Å². The van der Waals surface area contributed by atoms with Crippen LogP contribution in [0.3, 0.4) is 0 Å². The van der Waals surface area contributed by atoms with Crippen LogP contribution in [0.2, 0.25) is 0 Å². The van der Waals surface area contributed by atoms with Gasteiger partial charge in [-0.2, -0.15) is 13.2 Å². The van der Waals surface area contributed by atoms with Crippen molar-refractivity contribution in [3.63, 3.8) is 0 Å². The average Bonchev–Trinajstić information content (AvgIpc) is 2.23. The van der Waals surface area contributed by atoms with Gasteiger partial charge in [0.1, 0.15) is 0 Å². The van der Waals surface area contributed by atoms with Crippen LogP contribution in [0.4, 0.5) is 13.2 Å². The molecule has 0 aromatic carbocycles. The molecule has 0 rings (SSSR count). The molecule has 0 atom stereocenters. The lowest BCUT2D eigenvalue weighted by Gasteiger charge is -2.05. The zero-order valence-electron chi connectivity index (χ0n) is 9.59. The molecule has 0 radical (unpaired) electrons. The van der Waals surface area contributed by atoms with E-state index in [1.54, 1.807) is 21.3 Å².